The minimum atomic E-state index is -1.16. The number of aliphatic carboxylic acids is 1. The molecule has 1 atom stereocenters. The van der Waals surface area contributed by atoms with Gasteiger partial charge in [0, 0.05) is 19.6 Å². The zero-order valence-electron chi connectivity index (χ0n) is 9.97. The van der Waals surface area contributed by atoms with Gasteiger partial charge in [0.25, 0.3) is 0 Å². The highest BCUT2D eigenvalue weighted by molar-refractivity contribution is 7.08. The zero-order chi connectivity index (χ0) is 13.5. The molecule has 0 aliphatic rings. The number of aryl methyl sites for hydroxylation is 1. The van der Waals surface area contributed by atoms with Gasteiger partial charge in [0.2, 0.25) is 0 Å². The van der Waals surface area contributed by atoms with Crippen LogP contribution in [0.1, 0.15) is 17.5 Å². The molecule has 0 bridgehead atoms. The van der Waals surface area contributed by atoms with Gasteiger partial charge >= 0.3 is 12.0 Å². The quantitative estimate of drug-likeness (QED) is 0.612. The summed E-state index contributed by atoms with van der Waals surface area (Å²) in [7, 11) is 0. The van der Waals surface area contributed by atoms with E-state index in [2.05, 4.69) is 10.6 Å². The summed E-state index contributed by atoms with van der Waals surface area (Å²) >= 11 is 1.55. The summed E-state index contributed by atoms with van der Waals surface area (Å²) < 4.78 is 0. The van der Waals surface area contributed by atoms with E-state index in [4.69, 9.17) is 10.2 Å². The van der Waals surface area contributed by atoms with Gasteiger partial charge in [-0.1, -0.05) is 0 Å². The van der Waals surface area contributed by atoms with Gasteiger partial charge in [0.15, 0.2) is 0 Å². The Morgan fingerprint density at radius 1 is 1.44 bits per heavy atom. The van der Waals surface area contributed by atoms with E-state index < -0.39 is 18.0 Å². The highest BCUT2D eigenvalue weighted by atomic mass is 32.1. The minimum absolute atomic E-state index is 0.0137. The maximum Gasteiger partial charge on any atom is 0.326 e. The van der Waals surface area contributed by atoms with Crippen LogP contribution in [0, 0.1) is 6.92 Å². The number of nitrogens with one attached hydrogen (secondary N) is 2. The lowest BCUT2D eigenvalue weighted by Gasteiger charge is -2.13. The van der Waals surface area contributed by atoms with Gasteiger partial charge in [-0.25, -0.2) is 9.59 Å². The first-order chi connectivity index (χ1) is 8.54. The third-order valence-electron chi connectivity index (χ3n) is 2.42. The minimum Gasteiger partial charge on any atom is -0.480 e. The summed E-state index contributed by atoms with van der Waals surface area (Å²) in [5, 5.41) is 26.3. The average Bonchev–Trinajstić information content (AvgIpc) is 2.71. The van der Waals surface area contributed by atoms with Gasteiger partial charge in [-0.15, -0.1) is 0 Å². The Morgan fingerprint density at radius 2 is 2.17 bits per heavy atom. The maximum atomic E-state index is 11.5. The van der Waals surface area contributed by atoms with E-state index in [-0.39, 0.29) is 13.0 Å². The molecule has 0 saturated carbocycles. The molecule has 2 amide bonds. The summed E-state index contributed by atoms with van der Waals surface area (Å²) in [5.41, 5.74) is 2.09. The van der Waals surface area contributed by atoms with Crippen molar-refractivity contribution in [3.05, 3.63) is 21.9 Å². The monoisotopic (exact) mass is 272 g/mol. The lowest BCUT2D eigenvalue weighted by molar-refractivity contribution is -0.139. The smallest absolute Gasteiger partial charge is 0.326 e. The molecule has 4 N–H and O–H groups in total. The molecule has 0 aliphatic heterocycles. The Labute approximate surface area is 109 Å². The van der Waals surface area contributed by atoms with E-state index >= 15 is 0 Å². The number of carboxylic acid groups (broad SMARTS) is 1. The highest BCUT2D eigenvalue weighted by Crippen LogP contribution is 2.12. The van der Waals surface area contributed by atoms with Crippen LogP contribution in [0.4, 0.5) is 4.79 Å². The molecule has 1 heterocycles. The molecule has 1 rings (SSSR count). The Morgan fingerprint density at radius 3 is 2.67 bits per heavy atom. The van der Waals surface area contributed by atoms with Gasteiger partial charge in [0.1, 0.15) is 6.04 Å². The van der Waals surface area contributed by atoms with Gasteiger partial charge in [0.05, 0.1) is 0 Å². The molecule has 0 aliphatic carbocycles. The third-order valence-corrected chi connectivity index (χ3v) is 3.33. The van der Waals surface area contributed by atoms with E-state index in [1.165, 1.54) is 0 Å². The second-order valence-corrected chi connectivity index (χ2v) is 4.55. The molecule has 1 aromatic heterocycles. The second-order valence-electron chi connectivity index (χ2n) is 3.81. The third kappa shape index (κ3) is 4.34. The lowest BCUT2D eigenvalue weighted by Crippen LogP contribution is -2.46. The molecule has 6 nitrogen and oxygen atoms in total. The molecule has 1 aromatic rings. The summed E-state index contributed by atoms with van der Waals surface area (Å²) in [6.07, 6.45) is -0.0137. The molecular formula is C11H16N2O4S. The van der Waals surface area contributed by atoms with Crippen molar-refractivity contribution < 1.29 is 19.8 Å². The first kappa shape index (κ1) is 14.5. The Kier molecular flexibility index (Phi) is 5.60. The van der Waals surface area contributed by atoms with Crippen molar-refractivity contribution >= 4 is 23.3 Å². The molecule has 0 aromatic carbocycles. The van der Waals surface area contributed by atoms with Crippen LogP contribution >= 0.6 is 11.3 Å². The van der Waals surface area contributed by atoms with Gasteiger partial charge < -0.3 is 20.8 Å². The van der Waals surface area contributed by atoms with Crippen LogP contribution in [0.5, 0.6) is 0 Å². The molecule has 7 heteroatoms. The molecular weight excluding hydrogens is 256 g/mol. The van der Waals surface area contributed by atoms with Crippen molar-refractivity contribution in [1.82, 2.24) is 10.6 Å². The highest BCUT2D eigenvalue weighted by Gasteiger charge is 2.18. The van der Waals surface area contributed by atoms with Crippen LogP contribution < -0.4 is 10.6 Å². The molecule has 0 saturated heterocycles. The van der Waals surface area contributed by atoms with Crippen LogP contribution in [0.2, 0.25) is 0 Å². The number of carbonyl (C=O) groups excluding carboxylic acids is 1. The summed E-state index contributed by atoms with van der Waals surface area (Å²) in [6, 6.07) is -1.62. The van der Waals surface area contributed by atoms with Gasteiger partial charge in [-0.2, -0.15) is 11.3 Å². The van der Waals surface area contributed by atoms with Crippen molar-refractivity contribution in [3.8, 4) is 0 Å². The fourth-order valence-electron chi connectivity index (χ4n) is 1.34. The van der Waals surface area contributed by atoms with E-state index in [0.717, 1.165) is 11.1 Å². The number of hydrogen-bond acceptors (Lipinski definition) is 4. The molecule has 100 valence electrons. The van der Waals surface area contributed by atoms with Crippen LogP contribution in [0.25, 0.3) is 0 Å². The molecule has 0 fully saturated rings. The molecule has 0 unspecified atom stereocenters. The number of amides is 2. The number of thiophene rings is 1. The Balaban J connectivity index is 2.41. The van der Waals surface area contributed by atoms with E-state index in [9.17, 15) is 9.59 Å². The standard InChI is InChI=1S/C11H16N2O4S/c1-7-5-18-6-8(7)4-12-11(17)13-9(2-3-14)10(15)16/h5-6,9,14H,2-4H2,1H3,(H,15,16)(H2,12,13,17)/t9-/m0/s1. The predicted molar refractivity (Wildman–Crippen MR) is 67.6 cm³/mol. The zero-order valence-corrected chi connectivity index (χ0v) is 10.8. The second kappa shape index (κ2) is 6.97. The van der Waals surface area contributed by atoms with Crippen molar-refractivity contribution in [2.45, 2.75) is 25.9 Å². The predicted octanol–water partition coefficient (Wildman–Crippen LogP) is 0.691. The first-order valence-electron chi connectivity index (χ1n) is 5.44. The number of carboxylic acids is 1. The summed E-state index contributed by atoms with van der Waals surface area (Å²) in [5.74, 6) is -1.16. The van der Waals surface area contributed by atoms with E-state index in [0.29, 0.717) is 6.54 Å². The molecule has 18 heavy (non-hydrogen) atoms. The maximum absolute atomic E-state index is 11.5. The number of rotatable bonds is 6. The van der Waals surface area contributed by atoms with Gasteiger partial charge in [-0.3, -0.25) is 0 Å². The molecule has 0 radical (unpaired) electrons. The number of aliphatic hydroxyl groups is 1. The fraction of sp³-hybridized carbons (Fsp3) is 0.455. The van der Waals surface area contributed by atoms with Crippen LogP contribution in [-0.2, 0) is 11.3 Å². The topological polar surface area (TPSA) is 98.7 Å². The van der Waals surface area contributed by atoms with Crippen LogP contribution in [0.3, 0.4) is 0 Å². The normalized spacial score (nSPS) is 11.9. The number of aliphatic hydroxyl groups excluding tert-OH is 1. The van der Waals surface area contributed by atoms with Crippen LogP contribution in [-0.4, -0.2) is 34.9 Å². The van der Waals surface area contributed by atoms with Gasteiger partial charge in [-0.05, 0) is 28.8 Å². The average molecular weight is 272 g/mol. The van der Waals surface area contributed by atoms with Crippen molar-refractivity contribution in [2.24, 2.45) is 0 Å². The first-order valence-corrected chi connectivity index (χ1v) is 6.38. The van der Waals surface area contributed by atoms with E-state index in [1.54, 1.807) is 11.3 Å². The summed E-state index contributed by atoms with van der Waals surface area (Å²) in [4.78, 5) is 22.2. The largest absolute Gasteiger partial charge is 0.480 e. The number of carbonyl (C=O) groups is 2. The van der Waals surface area contributed by atoms with E-state index in [1.807, 2.05) is 17.7 Å². The fourth-order valence-corrected chi connectivity index (χ4v) is 2.20. The SMILES string of the molecule is Cc1cscc1CNC(=O)N[C@@H](CCO)C(=O)O. The Bertz CT molecular complexity index is 419. The summed E-state index contributed by atoms with van der Waals surface area (Å²) in [6.45, 7) is 2.00. The molecule has 0 spiro atoms. The Hall–Kier alpha value is -1.60. The number of hydrogen-bond donors (Lipinski definition) is 4. The number of urea groups is 1. The van der Waals surface area contributed by atoms with Crippen LogP contribution in [0.15, 0.2) is 10.8 Å². The van der Waals surface area contributed by atoms with Crippen molar-refractivity contribution in [2.75, 3.05) is 6.61 Å². The lowest BCUT2D eigenvalue weighted by atomic mass is 10.2. The van der Waals surface area contributed by atoms with Crippen molar-refractivity contribution in [3.63, 3.8) is 0 Å². The van der Waals surface area contributed by atoms with Crippen molar-refractivity contribution in [1.29, 1.82) is 0 Å².